The van der Waals surface area contributed by atoms with Gasteiger partial charge in [-0.1, -0.05) is 103 Å². The molecule has 0 spiro atoms. The van der Waals surface area contributed by atoms with E-state index in [4.69, 9.17) is 0 Å². The van der Waals surface area contributed by atoms with Crippen molar-refractivity contribution >= 4 is 11.1 Å². The van der Waals surface area contributed by atoms with Crippen LogP contribution in [0.3, 0.4) is 0 Å². The van der Waals surface area contributed by atoms with Gasteiger partial charge in [-0.05, 0) is 75.8 Å². The Hall–Kier alpha value is -0.938. The van der Waals surface area contributed by atoms with Gasteiger partial charge in [-0.25, -0.2) is 18.1 Å². The second kappa shape index (κ2) is 19.2. The fourth-order valence-corrected chi connectivity index (χ4v) is 4.77. The zero-order valence-electron chi connectivity index (χ0n) is 24.9. The fraction of sp³-hybridized carbons (Fsp3) is 0.361. The molecule has 3 aliphatic carbocycles. The van der Waals surface area contributed by atoms with Gasteiger partial charge < -0.3 is 14.9 Å². The predicted molar refractivity (Wildman–Crippen MR) is 168 cm³/mol. The van der Waals surface area contributed by atoms with Crippen molar-refractivity contribution in [2.24, 2.45) is 11.8 Å². The third-order valence-electron chi connectivity index (χ3n) is 7.10. The first-order valence-electron chi connectivity index (χ1n) is 12.9. The number of hydrogen-bond donors (Lipinski definition) is 0. The summed E-state index contributed by atoms with van der Waals surface area (Å²) in [5.41, 5.74) is 14.3. The first-order valence-corrected chi connectivity index (χ1v) is 12.9. The standard InChI is InChI=1S/C29H29.2C2H6.CH4.2CH3.W.Y/c1-5-20-6-7-22(14-20)24-10-12-26-28(16-24)27-13-11-25(17-29(26)27)23-9-8-21(15-23)19(4)18(2)3;2*1-2;;;;;/h5-13,16-19H,14-15H2,1-4H3;2*1-2H3;1H4;2*1H3;;/q-1;;;;2*-1;;+3. The summed E-state index contributed by atoms with van der Waals surface area (Å²) < 4.78 is 0. The Morgan fingerprint density at radius 2 is 1.11 bits per heavy atom. The molecule has 0 saturated heterocycles. The van der Waals surface area contributed by atoms with Crippen molar-refractivity contribution in [3.8, 4) is 22.3 Å². The molecule has 38 heavy (non-hydrogen) atoms. The molecule has 0 radical (unpaired) electrons. The summed E-state index contributed by atoms with van der Waals surface area (Å²) in [5, 5.41) is 0. The molecule has 0 heterocycles. The third kappa shape index (κ3) is 8.53. The maximum atomic E-state index is 2.40. The maximum Gasteiger partial charge on any atom is 3.00 e. The van der Waals surface area contributed by atoms with Crippen LogP contribution in [-0.2, 0) is 53.8 Å². The van der Waals surface area contributed by atoms with E-state index >= 15 is 0 Å². The van der Waals surface area contributed by atoms with Crippen LogP contribution in [0.2, 0.25) is 0 Å². The molecule has 0 fully saturated rings. The van der Waals surface area contributed by atoms with Gasteiger partial charge >= 0.3 is 32.7 Å². The smallest absolute Gasteiger partial charge is 0.358 e. The maximum absolute atomic E-state index is 2.40. The molecule has 0 nitrogen and oxygen atoms in total. The average molecular weight is 757 g/mol. The molecule has 0 aliphatic heterocycles. The quantitative estimate of drug-likeness (QED) is 0.228. The SMILES string of the molecule is C.CC.CC.C[CH-]C1=CC=C(c2ccc3c(c2)-c2ccc(C4=CC=C(C(C)C(C)C)C4)cc2-3)C1.[CH3-].[CH3-].[W].[Y+3]. The second-order valence-electron chi connectivity index (χ2n) is 9.06. The molecule has 3 aliphatic rings. The molecule has 0 aromatic heterocycles. The summed E-state index contributed by atoms with van der Waals surface area (Å²) in [6.07, 6.45) is 13.6. The Labute approximate surface area is 276 Å². The van der Waals surface area contributed by atoms with Crippen molar-refractivity contribution in [3.05, 3.63) is 104 Å². The first-order chi connectivity index (χ1) is 16.0. The molecule has 0 N–H and O–H groups in total. The number of allylic oxidation sites excluding steroid dienone is 8. The van der Waals surface area contributed by atoms with Crippen LogP contribution < -0.4 is 0 Å². The van der Waals surface area contributed by atoms with Gasteiger partial charge in [-0.3, -0.25) is 0 Å². The minimum absolute atomic E-state index is 0. The predicted octanol–water partition coefficient (Wildman–Crippen LogP) is 11.9. The summed E-state index contributed by atoms with van der Waals surface area (Å²) in [6, 6.07) is 14.0. The number of rotatable bonds is 5. The molecule has 2 aromatic rings. The van der Waals surface area contributed by atoms with E-state index in [1.54, 1.807) is 5.57 Å². The monoisotopic (exact) mass is 756 g/mol. The van der Waals surface area contributed by atoms with E-state index in [0.717, 1.165) is 12.8 Å². The van der Waals surface area contributed by atoms with Gasteiger partial charge in [-0.15, -0.1) is 13.0 Å². The number of hydrogen-bond acceptors (Lipinski definition) is 0. The van der Waals surface area contributed by atoms with Gasteiger partial charge in [0.25, 0.3) is 0 Å². The van der Waals surface area contributed by atoms with Crippen molar-refractivity contribution < 1.29 is 53.8 Å². The molecule has 0 bridgehead atoms. The first kappa shape index (κ1) is 41.5. The van der Waals surface area contributed by atoms with Crippen molar-refractivity contribution in [1.29, 1.82) is 0 Å². The Morgan fingerprint density at radius 3 is 1.53 bits per heavy atom. The number of fused-ring (bicyclic) bond motifs is 4. The minimum atomic E-state index is 0. The third-order valence-corrected chi connectivity index (χ3v) is 7.10. The summed E-state index contributed by atoms with van der Waals surface area (Å²) in [7, 11) is 0. The van der Waals surface area contributed by atoms with Crippen LogP contribution >= 0.6 is 0 Å². The van der Waals surface area contributed by atoms with E-state index in [2.05, 4.69) is 94.8 Å². The van der Waals surface area contributed by atoms with Gasteiger partial charge in [0.2, 0.25) is 0 Å². The average Bonchev–Trinajstić information content (AvgIpc) is 3.54. The van der Waals surface area contributed by atoms with Crippen LogP contribution in [-0.4, -0.2) is 0 Å². The molecule has 5 rings (SSSR count). The van der Waals surface area contributed by atoms with Crippen molar-refractivity contribution in [2.75, 3.05) is 0 Å². The molecule has 1 atom stereocenters. The van der Waals surface area contributed by atoms with Crippen molar-refractivity contribution in [2.45, 2.75) is 75.7 Å². The molecular formula is C36H51WY. The zero-order valence-corrected chi connectivity index (χ0v) is 30.7. The Balaban J connectivity index is -0.00000130. The molecular weight excluding hydrogens is 705 g/mol. The Kier molecular flexibility index (Phi) is 21.0. The fourth-order valence-electron chi connectivity index (χ4n) is 4.77. The van der Waals surface area contributed by atoms with Gasteiger partial charge in [0, 0.05) is 21.1 Å². The topological polar surface area (TPSA) is 0 Å². The van der Waals surface area contributed by atoms with E-state index in [9.17, 15) is 0 Å². The Bertz CT molecular complexity index is 1130. The summed E-state index contributed by atoms with van der Waals surface area (Å²) in [6.45, 7) is 17.1. The van der Waals surface area contributed by atoms with Gasteiger partial charge in [-0.2, -0.15) is 0 Å². The van der Waals surface area contributed by atoms with Gasteiger partial charge in [0.15, 0.2) is 0 Å². The van der Waals surface area contributed by atoms with E-state index in [1.165, 1.54) is 50.1 Å². The van der Waals surface area contributed by atoms with Crippen molar-refractivity contribution in [3.63, 3.8) is 0 Å². The molecule has 1 unspecified atom stereocenters. The minimum Gasteiger partial charge on any atom is -0.358 e. The molecule has 0 saturated carbocycles. The van der Waals surface area contributed by atoms with Crippen LogP contribution in [0.1, 0.15) is 86.8 Å². The number of benzene rings is 2. The van der Waals surface area contributed by atoms with E-state index in [-0.39, 0.29) is 76.1 Å². The zero-order chi connectivity index (χ0) is 24.1. The van der Waals surface area contributed by atoms with Gasteiger partial charge in [0.1, 0.15) is 0 Å². The van der Waals surface area contributed by atoms with Crippen LogP contribution in [0, 0.1) is 33.1 Å². The van der Waals surface area contributed by atoms with E-state index in [0.29, 0.717) is 11.8 Å². The largest absolute Gasteiger partial charge is 3.00 e. The van der Waals surface area contributed by atoms with Crippen molar-refractivity contribution in [1.82, 2.24) is 0 Å². The van der Waals surface area contributed by atoms with Crippen LogP contribution in [0.15, 0.2) is 71.8 Å². The summed E-state index contributed by atoms with van der Waals surface area (Å²) >= 11 is 0. The molecule has 2 aromatic carbocycles. The second-order valence-corrected chi connectivity index (χ2v) is 9.06. The summed E-state index contributed by atoms with van der Waals surface area (Å²) in [5.74, 6) is 1.35. The molecule has 0 amide bonds. The van der Waals surface area contributed by atoms with E-state index < -0.39 is 0 Å². The molecule has 2 heteroatoms. The molecule has 204 valence electrons. The van der Waals surface area contributed by atoms with Crippen LogP contribution in [0.4, 0.5) is 0 Å². The van der Waals surface area contributed by atoms with Crippen LogP contribution in [0.5, 0.6) is 0 Å². The normalized spacial score (nSPS) is 13.8. The summed E-state index contributed by atoms with van der Waals surface area (Å²) in [4.78, 5) is 0. The Morgan fingerprint density at radius 1 is 0.658 bits per heavy atom. The van der Waals surface area contributed by atoms with E-state index in [1.807, 2.05) is 27.7 Å². The van der Waals surface area contributed by atoms with Crippen LogP contribution in [0.25, 0.3) is 33.4 Å². The van der Waals surface area contributed by atoms with Gasteiger partial charge in [0.05, 0.1) is 0 Å².